The number of hydrogen-bond acceptors (Lipinski definition) is 8. The fourth-order valence-electron chi connectivity index (χ4n) is 2.65. The molecule has 0 bridgehead atoms. The van der Waals surface area contributed by atoms with Gasteiger partial charge in [-0.05, 0) is 50.5 Å². The lowest BCUT2D eigenvalue weighted by atomic mass is 10.1. The van der Waals surface area contributed by atoms with E-state index >= 15 is 0 Å². The second-order valence-corrected chi connectivity index (χ2v) is 8.24. The van der Waals surface area contributed by atoms with Gasteiger partial charge in [0.05, 0.1) is 22.9 Å². The number of anilines is 1. The maximum Gasteiger partial charge on any atom is 0.350 e. The van der Waals surface area contributed by atoms with E-state index in [-0.39, 0.29) is 6.61 Å². The minimum Gasteiger partial charge on any atom is -0.462 e. The van der Waals surface area contributed by atoms with Crippen LogP contribution in [0.4, 0.5) is 5.00 Å². The van der Waals surface area contributed by atoms with Crippen LogP contribution in [0.1, 0.15) is 62.0 Å². The largest absolute Gasteiger partial charge is 0.462 e. The summed E-state index contributed by atoms with van der Waals surface area (Å²) >= 11 is 2.51. The van der Waals surface area contributed by atoms with Crippen LogP contribution in [0, 0.1) is 13.8 Å². The molecular weight excluding hydrogens is 388 g/mol. The molecule has 0 radical (unpaired) electrons. The minimum absolute atomic E-state index is 0.261. The Balaban J connectivity index is 1.65. The summed E-state index contributed by atoms with van der Waals surface area (Å²) in [6.07, 6.45) is 2.06. The van der Waals surface area contributed by atoms with Crippen LogP contribution in [0.25, 0.3) is 0 Å². The summed E-state index contributed by atoms with van der Waals surface area (Å²) in [6, 6.07) is 0. The van der Waals surface area contributed by atoms with Crippen molar-refractivity contribution in [2.24, 2.45) is 0 Å². The first-order valence-electron chi connectivity index (χ1n) is 8.60. The van der Waals surface area contributed by atoms with E-state index in [0.29, 0.717) is 27.1 Å². The Morgan fingerprint density at radius 1 is 1.22 bits per heavy atom. The summed E-state index contributed by atoms with van der Waals surface area (Å²) in [5.74, 6) is -1.17. The number of carbonyl (C=O) groups is 3. The van der Waals surface area contributed by atoms with Crippen molar-refractivity contribution in [1.82, 2.24) is 4.98 Å². The first-order chi connectivity index (χ1) is 12.9. The van der Waals surface area contributed by atoms with Crippen molar-refractivity contribution in [1.29, 1.82) is 0 Å². The molecule has 0 saturated heterocycles. The highest BCUT2D eigenvalue weighted by Crippen LogP contribution is 2.46. The van der Waals surface area contributed by atoms with Crippen molar-refractivity contribution in [2.45, 2.75) is 39.5 Å². The van der Waals surface area contributed by atoms with Crippen LogP contribution in [0.2, 0.25) is 0 Å². The molecule has 1 fully saturated rings. The molecule has 1 aliphatic rings. The number of amides is 1. The SMILES string of the molecule is CCOC(=O)c1c(C2CC2)csc1NC(=O)COC(=O)c1sc(C)nc1C. The summed E-state index contributed by atoms with van der Waals surface area (Å²) < 4.78 is 10.2. The molecule has 2 aromatic heterocycles. The number of nitrogens with zero attached hydrogens (tertiary/aromatic N) is 1. The van der Waals surface area contributed by atoms with Gasteiger partial charge in [0, 0.05) is 0 Å². The van der Waals surface area contributed by atoms with Crippen molar-refractivity contribution in [3.8, 4) is 0 Å². The van der Waals surface area contributed by atoms with E-state index in [2.05, 4.69) is 10.3 Å². The third kappa shape index (κ3) is 4.54. The van der Waals surface area contributed by atoms with Gasteiger partial charge in [-0.15, -0.1) is 22.7 Å². The highest BCUT2D eigenvalue weighted by Gasteiger charge is 2.32. The zero-order valence-electron chi connectivity index (χ0n) is 15.3. The Hall–Kier alpha value is -2.26. The molecule has 2 heterocycles. The highest BCUT2D eigenvalue weighted by atomic mass is 32.1. The van der Waals surface area contributed by atoms with E-state index in [4.69, 9.17) is 9.47 Å². The topological polar surface area (TPSA) is 94.6 Å². The van der Waals surface area contributed by atoms with Gasteiger partial charge in [0.25, 0.3) is 5.91 Å². The standard InChI is InChI=1S/C18H20N2O5S2/c1-4-24-17(22)14-12(11-5-6-11)8-26-16(14)20-13(21)7-25-18(23)15-9(2)19-10(3)27-15/h8,11H,4-7H2,1-3H3,(H,20,21). The van der Waals surface area contributed by atoms with Crippen molar-refractivity contribution in [3.05, 3.63) is 32.1 Å². The zero-order valence-corrected chi connectivity index (χ0v) is 16.9. The van der Waals surface area contributed by atoms with Crippen molar-refractivity contribution < 1.29 is 23.9 Å². The van der Waals surface area contributed by atoms with Gasteiger partial charge in [-0.1, -0.05) is 0 Å². The molecule has 0 spiro atoms. The number of thiophene rings is 1. The number of aryl methyl sites for hydroxylation is 2. The lowest BCUT2D eigenvalue weighted by Gasteiger charge is -2.08. The van der Waals surface area contributed by atoms with Crippen molar-refractivity contribution in [3.63, 3.8) is 0 Å². The molecule has 7 nitrogen and oxygen atoms in total. The predicted octanol–water partition coefficient (Wildman–Crippen LogP) is 3.67. The summed E-state index contributed by atoms with van der Waals surface area (Å²) in [5.41, 5.74) is 1.92. The quantitative estimate of drug-likeness (QED) is 0.703. The van der Waals surface area contributed by atoms with Gasteiger partial charge in [0.2, 0.25) is 0 Å². The first kappa shape index (κ1) is 19.5. The molecule has 0 atom stereocenters. The molecule has 1 saturated carbocycles. The molecule has 2 aromatic rings. The maximum absolute atomic E-state index is 12.3. The predicted molar refractivity (Wildman–Crippen MR) is 103 cm³/mol. The Bertz CT molecular complexity index is 882. The first-order valence-corrected chi connectivity index (χ1v) is 10.3. The number of thiazole rings is 1. The molecule has 0 aromatic carbocycles. The lowest BCUT2D eigenvalue weighted by Crippen LogP contribution is -2.21. The molecular formula is C18H20N2O5S2. The molecule has 144 valence electrons. The Labute approximate surface area is 164 Å². The van der Waals surface area contributed by atoms with Gasteiger partial charge in [0.15, 0.2) is 6.61 Å². The van der Waals surface area contributed by atoms with E-state index in [1.165, 1.54) is 22.7 Å². The van der Waals surface area contributed by atoms with Gasteiger partial charge in [-0.25, -0.2) is 14.6 Å². The number of hydrogen-bond donors (Lipinski definition) is 1. The van der Waals surface area contributed by atoms with E-state index in [1.807, 2.05) is 5.38 Å². The van der Waals surface area contributed by atoms with Gasteiger partial charge >= 0.3 is 11.9 Å². The zero-order chi connectivity index (χ0) is 19.6. The van der Waals surface area contributed by atoms with Crippen LogP contribution in [-0.2, 0) is 14.3 Å². The Kier molecular flexibility index (Phi) is 5.91. The maximum atomic E-state index is 12.3. The van der Waals surface area contributed by atoms with Gasteiger partial charge in [0.1, 0.15) is 9.88 Å². The molecule has 1 amide bonds. The monoisotopic (exact) mass is 408 g/mol. The smallest absolute Gasteiger partial charge is 0.350 e. The highest BCUT2D eigenvalue weighted by molar-refractivity contribution is 7.15. The molecule has 0 aliphatic heterocycles. The van der Waals surface area contributed by atoms with Gasteiger partial charge in [-0.2, -0.15) is 0 Å². The third-order valence-electron chi connectivity index (χ3n) is 3.99. The molecule has 0 unspecified atom stereocenters. The normalized spacial score (nSPS) is 13.3. The van der Waals surface area contributed by atoms with Crippen LogP contribution in [0.5, 0.6) is 0 Å². The summed E-state index contributed by atoms with van der Waals surface area (Å²) in [4.78, 5) is 41.2. The lowest BCUT2D eigenvalue weighted by molar-refractivity contribution is -0.119. The Morgan fingerprint density at radius 2 is 1.96 bits per heavy atom. The second-order valence-electron chi connectivity index (χ2n) is 6.16. The fraction of sp³-hybridized carbons (Fsp3) is 0.444. The van der Waals surface area contributed by atoms with E-state index in [9.17, 15) is 14.4 Å². The number of aromatic nitrogens is 1. The van der Waals surface area contributed by atoms with E-state index in [1.54, 1.807) is 20.8 Å². The van der Waals surface area contributed by atoms with Crippen molar-refractivity contribution in [2.75, 3.05) is 18.5 Å². The van der Waals surface area contributed by atoms with Crippen LogP contribution in [0.3, 0.4) is 0 Å². The van der Waals surface area contributed by atoms with Gasteiger partial charge in [-0.3, -0.25) is 4.79 Å². The number of rotatable bonds is 7. The van der Waals surface area contributed by atoms with E-state index < -0.39 is 24.5 Å². The Morgan fingerprint density at radius 3 is 2.56 bits per heavy atom. The number of nitrogens with one attached hydrogen (secondary N) is 1. The average molecular weight is 409 g/mol. The van der Waals surface area contributed by atoms with Crippen LogP contribution < -0.4 is 5.32 Å². The molecule has 3 rings (SSSR count). The summed E-state index contributed by atoms with van der Waals surface area (Å²) in [7, 11) is 0. The average Bonchev–Trinajstić information content (AvgIpc) is 3.29. The summed E-state index contributed by atoms with van der Waals surface area (Å²) in [5, 5.41) is 5.74. The molecule has 9 heteroatoms. The number of ether oxygens (including phenoxy) is 2. The third-order valence-corrected chi connectivity index (χ3v) is 5.96. The second kappa shape index (κ2) is 8.18. The molecule has 1 aliphatic carbocycles. The van der Waals surface area contributed by atoms with Crippen LogP contribution in [-0.4, -0.2) is 36.0 Å². The van der Waals surface area contributed by atoms with Gasteiger partial charge < -0.3 is 14.8 Å². The molecule has 27 heavy (non-hydrogen) atoms. The number of esters is 2. The van der Waals surface area contributed by atoms with Crippen LogP contribution in [0.15, 0.2) is 5.38 Å². The minimum atomic E-state index is -0.580. The number of carbonyl (C=O) groups excluding carboxylic acids is 3. The van der Waals surface area contributed by atoms with Crippen molar-refractivity contribution >= 4 is 45.5 Å². The fourth-order valence-corrected chi connectivity index (χ4v) is 4.51. The summed E-state index contributed by atoms with van der Waals surface area (Å²) in [6.45, 7) is 5.08. The van der Waals surface area contributed by atoms with Crippen LogP contribution >= 0.6 is 22.7 Å². The van der Waals surface area contributed by atoms with E-state index in [0.717, 1.165) is 23.4 Å². The molecule has 1 N–H and O–H groups in total.